The normalized spacial score (nSPS) is 17.6. The predicted octanol–water partition coefficient (Wildman–Crippen LogP) is 3.83. The van der Waals surface area contributed by atoms with Gasteiger partial charge in [-0.15, -0.1) is 0 Å². The maximum Gasteiger partial charge on any atom is 0.137 e. The molecular weight excluding hydrogens is 291 g/mol. The van der Waals surface area contributed by atoms with Crippen molar-refractivity contribution < 1.29 is 9.84 Å². The number of allylic oxidation sites excluding steroid dienone is 1. The van der Waals surface area contributed by atoms with Crippen molar-refractivity contribution in [3.8, 4) is 0 Å². The van der Waals surface area contributed by atoms with Crippen molar-refractivity contribution in [3.05, 3.63) is 45.1 Å². The fourth-order valence-electron chi connectivity index (χ4n) is 1.64. The molecule has 0 amide bonds. The fourth-order valence-corrected chi connectivity index (χ4v) is 2.24. The van der Waals surface area contributed by atoms with Gasteiger partial charge in [-0.05, 0) is 37.1 Å². The van der Waals surface area contributed by atoms with Gasteiger partial charge in [-0.1, -0.05) is 27.5 Å². The molecule has 1 aliphatic heterocycles. The number of benzene rings is 1. The smallest absolute Gasteiger partial charge is 0.137 e. The van der Waals surface area contributed by atoms with E-state index in [0.29, 0.717) is 23.0 Å². The molecule has 1 aliphatic rings. The molecule has 86 valence electrons. The highest BCUT2D eigenvalue weighted by Gasteiger charge is 2.19. The summed E-state index contributed by atoms with van der Waals surface area (Å²) in [4.78, 5) is 0. The number of aliphatic hydroxyl groups is 1. The average molecular weight is 304 g/mol. The minimum Gasteiger partial charge on any atom is -0.495 e. The van der Waals surface area contributed by atoms with E-state index < -0.39 is 6.10 Å². The number of ether oxygens (including phenoxy) is 1. The molecule has 0 spiro atoms. The molecule has 4 heteroatoms. The molecule has 0 saturated heterocycles. The van der Waals surface area contributed by atoms with Gasteiger partial charge in [0.15, 0.2) is 0 Å². The monoisotopic (exact) mass is 302 g/mol. The molecule has 0 radical (unpaired) electrons. The van der Waals surface area contributed by atoms with Crippen LogP contribution in [0, 0.1) is 0 Å². The zero-order chi connectivity index (χ0) is 11.5. The molecule has 0 bridgehead atoms. The Morgan fingerprint density at radius 1 is 1.44 bits per heavy atom. The van der Waals surface area contributed by atoms with E-state index in [2.05, 4.69) is 15.9 Å². The average Bonchev–Trinajstić information content (AvgIpc) is 2.32. The van der Waals surface area contributed by atoms with Gasteiger partial charge >= 0.3 is 0 Å². The second kappa shape index (κ2) is 5.21. The maximum absolute atomic E-state index is 10.2. The summed E-state index contributed by atoms with van der Waals surface area (Å²) in [5.74, 6) is 0.603. The zero-order valence-corrected chi connectivity index (χ0v) is 11.0. The third-order valence-corrected chi connectivity index (χ3v) is 3.32. The zero-order valence-electron chi connectivity index (χ0n) is 8.62. The van der Waals surface area contributed by atoms with E-state index >= 15 is 0 Å². The van der Waals surface area contributed by atoms with Crippen molar-refractivity contribution in [2.45, 2.75) is 18.9 Å². The highest BCUT2D eigenvalue weighted by molar-refractivity contribution is 9.10. The van der Waals surface area contributed by atoms with Crippen LogP contribution in [-0.2, 0) is 4.74 Å². The van der Waals surface area contributed by atoms with Crippen molar-refractivity contribution in [1.29, 1.82) is 0 Å². The van der Waals surface area contributed by atoms with Gasteiger partial charge in [0, 0.05) is 15.1 Å². The first-order chi connectivity index (χ1) is 7.68. The van der Waals surface area contributed by atoms with Crippen molar-refractivity contribution in [2.24, 2.45) is 0 Å². The van der Waals surface area contributed by atoms with Crippen LogP contribution in [0.25, 0.3) is 0 Å². The minimum atomic E-state index is -0.773. The van der Waals surface area contributed by atoms with Crippen LogP contribution in [0.1, 0.15) is 24.5 Å². The van der Waals surface area contributed by atoms with Crippen LogP contribution in [0.15, 0.2) is 34.5 Å². The molecule has 0 aromatic heterocycles. The van der Waals surface area contributed by atoms with Crippen LogP contribution in [-0.4, -0.2) is 11.7 Å². The van der Waals surface area contributed by atoms with Gasteiger partial charge in [0.25, 0.3) is 0 Å². The highest BCUT2D eigenvalue weighted by atomic mass is 79.9. The summed E-state index contributed by atoms with van der Waals surface area (Å²) in [7, 11) is 0. The SMILES string of the molecule is OC(C1=CCCCO1)c1cc(Br)ccc1Cl. The standard InChI is InChI=1S/C12H12BrClO2/c13-8-4-5-10(14)9(7-8)12(15)11-3-1-2-6-16-11/h3-5,7,12,15H,1-2,6H2. The van der Waals surface area contributed by atoms with Crippen molar-refractivity contribution in [3.63, 3.8) is 0 Å². The minimum absolute atomic E-state index is 0.547. The largest absolute Gasteiger partial charge is 0.495 e. The van der Waals surface area contributed by atoms with Gasteiger partial charge in [0.2, 0.25) is 0 Å². The molecule has 1 unspecified atom stereocenters. The van der Waals surface area contributed by atoms with E-state index in [9.17, 15) is 5.11 Å². The second-order valence-electron chi connectivity index (χ2n) is 3.67. The molecule has 1 N–H and O–H groups in total. The number of aliphatic hydroxyl groups excluding tert-OH is 1. The Balaban J connectivity index is 2.29. The summed E-state index contributed by atoms with van der Waals surface area (Å²) in [5, 5.41) is 10.7. The van der Waals surface area contributed by atoms with E-state index in [4.69, 9.17) is 16.3 Å². The first-order valence-electron chi connectivity index (χ1n) is 5.14. The summed E-state index contributed by atoms with van der Waals surface area (Å²) in [6.45, 7) is 0.661. The quantitative estimate of drug-likeness (QED) is 0.900. The van der Waals surface area contributed by atoms with Gasteiger partial charge in [0.05, 0.1) is 6.61 Å². The molecule has 1 atom stereocenters. The summed E-state index contributed by atoms with van der Waals surface area (Å²) in [6, 6.07) is 5.41. The molecule has 16 heavy (non-hydrogen) atoms. The van der Waals surface area contributed by atoms with E-state index in [0.717, 1.165) is 17.3 Å². The Labute approximate surface area is 108 Å². The summed E-state index contributed by atoms with van der Waals surface area (Å²) in [5.41, 5.74) is 0.671. The van der Waals surface area contributed by atoms with E-state index in [-0.39, 0.29) is 0 Å². The van der Waals surface area contributed by atoms with Gasteiger partial charge in [-0.25, -0.2) is 0 Å². The van der Waals surface area contributed by atoms with Gasteiger partial charge in [-0.3, -0.25) is 0 Å². The molecular formula is C12H12BrClO2. The molecule has 0 aliphatic carbocycles. The molecule has 1 heterocycles. The Bertz CT molecular complexity index is 417. The van der Waals surface area contributed by atoms with Crippen LogP contribution >= 0.6 is 27.5 Å². The molecule has 2 rings (SSSR count). The number of halogens is 2. The lowest BCUT2D eigenvalue weighted by Gasteiger charge is -2.20. The third kappa shape index (κ3) is 2.59. The highest BCUT2D eigenvalue weighted by Crippen LogP contribution is 2.32. The lowest BCUT2D eigenvalue weighted by atomic mass is 10.1. The first-order valence-corrected chi connectivity index (χ1v) is 6.31. The predicted molar refractivity (Wildman–Crippen MR) is 67.4 cm³/mol. The number of rotatable bonds is 2. The van der Waals surface area contributed by atoms with E-state index in [1.54, 1.807) is 6.07 Å². The Hall–Kier alpha value is -0.510. The summed E-state index contributed by atoms with van der Waals surface area (Å²) >= 11 is 9.41. The third-order valence-electron chi connectivity index (χ3n) is 2.48. The van der Waals surface area contributed by atoms with Crippen molar-refractivity contribution >= 4 is 27.5 Å². The van der Waals surface area contributed by atoms with Crippen LogP contribution in [0.4, 0.5) is 0 Å². The summed E-state index contributed by atoms with van der Waals surface area (Å²) in [6.07, 6.45) is 3.09. The van der Waals surface area contributed by atoms with Crippen LogP contribution in [0.5, 0.6) is 0 Å². The van der Waals surface area contributed by atoms with Crippen LogP contribution in [0.2, 0.25) is 5.02 Å². The topological polar surface area (TPSA) is 29.5 Å². The Kier molecular flexibility index (Phi) is 3.90. The lowest BCUT2D eigenvalue weighted by molar-refractivity contribution is 0.0918. The molecule has 2 nitrogen and oxygen atoms in total. The number of hydrogen-bond acceptors (Lipinski definition) is 2. The lowest BCUT2D eigenvalue weighted by Crippen LogP contribution is -2.10. The molecule has 1 aromatic rings. The fraction of sp³-hybridized carbons (Fsp3) is 0.333. The van der Waals surface area contributed by atoms with E-state index in [1.165, 1.54) is 0 Å². The molecule has 0 saturated carbocycles. The first kappa shape index (κ1) is 12.0. The number of hydrogen-bond donors (Lipinski definition) is 1. The molecule has 0 fully saturated rings. The molecule has 1 aromatic carbocycles. The van der Waals surface area contributed by atoms with Crippen LogP contribution < -0.4 is 0 Å². The maximum atomic E-state index is 10.2. The van der Waals surface area contributed by atoms with Crippen molar-refractivity contribution in [1.82, 2.24) is 0 Å². The van der Waals surface area contributed by atoms with Crippen LogP contribution in [0.3, 0.4) is 0 Å². The van der Waals surface area contributed by atoms with Gasteiger partial charge < -0.3 is 9.84 Å². The summed E-state index contributed by atoms with van der Waals surface area (Å²) < 4.78 is 6.32. The van der Waals surface area contributed by atoms with Gasteiger partial charge in [-0.2, -0.15) is 0 Å². The second-order valence-corrected chi connectivity index (χ2v) is 4.99. The van der Waals surface area contributed by atoms with E-state index in [1.807, 2.05) is 18.2 Å². The Morgan fingerprint density at radius 2 is 2.25 bits per heavy atom. The van der Waals surface area contributed by atoms with Crippen molar-refractivity contribution in [2.75, 3.05) is 6.61 Å². The van der Waals surface area contributed by atoms with Gasteiger partial charge in [0.1, 0.15) is 11.9 Å². The Morgan fingerprint density at radius 3 is 2.94 bits per heavy atom.